The van der Waals surface area contributed by atoms with Crippen molar-refractivity contribution in [2.45, 2.75) is 69.7 Å². The smallest absolute Gasteiger partial charge is 0.227 e. The Morgan fingerprint density at radius 1 is 0.951 bits per heavy atom. The van der Waals surface area contributed by atoms with Crippen LogP contribution in [-0.4, -0.2) is 67.2 Å². The summed E-state index contributed by atoms with van der Waals surface area (Å²) in [7, 11) is -3.71. The maximum atomic E-state index is 13.9. The van der Waals surface area contributed by atoms with Crippen molar-refractivity contribution in [3.63, 3.8) is 0 Å². The number of aryl methyl sites for hydroxylation is 1. The van der Waals surface area contributed by atoms with Crippen molar-refractivity contribution in [3.05, 3.63) is 70.2 Å². The number of carbonyl (C=O) groups excluding carboxylic acids is 3. The van der Waals surface area contributed by atoms with Crippen LogP contribution in [-0.2, 0) is 42.9 Å². The molecular formula is C31H40ClN3O5S. The van der Waals surface area contributed by atoms with Crippen LogP contribution in [0.15, 0.2) is 48.5 Å². The summed E-state index contributed by atoms with van der Waals surface area (Å²) in [5.74, 6) is -2.37. The minimum atomic E-state index is -3.71. The third kappa shape index (κ3) is 8.63. The topological polar surface area (TPSA) is 118 Å². The van der Waals surface area contributed by atoms with Crippen molar-refractivity contribution >= 4 is 39.0 Å². The van der Waals surface area contributed by atoms with Gasteiger partial charge in [-0.05, 0) is 67.3 Å². The SMILES string of the molecule is NCc1ccc(Cl)cc1CCC(=O)[C@@H]1CCCN1C(=O)[C@@H](CC(=O)N1CCCCC1)CS(=O)(=O)Cc1ccccc1. The largest absolute Gasteiger partial charge is 0.343 e. The molecule has 2 N–H and O–H groups in total. The van der Waals surface area contributed by atoms with E-state index in [-0.39, 0.29) is 30.3 Å². The molecule has 2 aromatic carbocycles. The highest BCUT2D eigenvalue weighted by atomic mass is 35.5. The second-order valence-electron chi connectivity index (χ2n) is 11.2. The van der Waals surface area contributed by atoms with E-state index in [1.807, 2.05) is 18.2 Å². The molecule has 2 aromatic rings. The highest BCUT2D eigenvalue weighted by Gasteiger charge is 2.39. The summed E-state index contributed by atoms with van der Waals surface area (Å²) < 4.78 is 26.5. The summed E-state index contributed by atoms with van der Waals surface area (Å²) >= 11 is 6.16. The van der Waals surface area contributed by atoms with Gasteiger partial charge in [-0.2, -0.15) is 0 Å². The minimum Gasteiger partial charge on any atom is -0.343 e. The van der Waals surface area contributed by atoms with Crippen LogP contribution in [0.5, 0.6) is 0 Å². The number of amides is 2. The highest BCUT2D eigenvalue weighted by molar-refractivity contribution is 7.90. The van der Waals surface area contributed by atoms with Gasteiger partial charge in [-0.3, -0.25) is 14.4 Å². The van der Waals surface area contributed by atoms with Gasteiger partial charge in [-0.1, -0.05) is 48.0 Å². The number of rotatable bonds is 12. The molecule has 222 valence electrons. The third-order valence-electron chi connectivity index (χ3n) is 8.10. The van der Waals surface area contributed by atoms with Crippen molar-refractivity contribution in [1.82, 2.24) is 9.80 Å². The van der Waals surface area contributed by atoms with Crippen molar-refractivity contribution in [1.29, 1.82) is 0 Å². The number of benzene rings is 2. The number of Topliss-reactive ketones (excluding diaryl/α,β-unsaturated/α-hetero) is 1. The fourth-order valence-corrected chi connectivity index (χ4v) is 7.83. The van der Waals surface area contributed by atoms with Crippen LogP contribution >= 0.6 is 11.6 Å². The van der Waals surface area contributed by atoms with Crippen LogP contribution in [0.3, 0.4) is 0 Å². The Hall–Kier alpha value is -2.75. The van der Waals surface area contributed by atoms with E-state index in [0.717, 1.165) is 30.4 Å². The van der Waals surface area contributed by atoms with E-state index in [9.17, 15) is 22.8 Å². The van der Waals surface area contributed by atoms with Gasteiger partial charge in [-0.25, -0.2) is 8.42 Å². The number of carbonyl (C=O) groups is 3. The quantitative estimate of drug-likeness (QED) is 0.394. The molecule has 2 aliphatic rings. The first kappa shape index (κ1) is 31.2. The zero-order chi connectivity index (χ0) is 29.4. The summed E-state index contributed by atoms with van der Waals surface area (Å²) in [6, 6.07) is 13.6. The molecular weight excluding hydrogens is 562 g/mol. The molecule has 0 radical (unpaired) electrons. The monoisotopic (exact) mass is 601 g/mol. The van der Waals surface area contributed by atoms with E-state index >= 15 is 0 Å². The summed E-state index contributed by atoms with van der Waals surface area (Å²) in [6.45, 7) is 1.94. The molecule has 0 bridgehead atoms. The number of nitrogens with zero attached hydrogens (tertiary/aromatic N) is 2. The van der Waals surface area contributed by atoms with E-state index < -0.39 is 33.5 Å². The molecule has 41 heavy (non-hydrogen) atoms. The van der Waals surface area contributed by atoms with Crippen molar-refractivity contribution < 1.29 is 22.8 Å². The van der Waals surface area contributed by atoms with Crippen LogP contribution in [0, 0.1) is 5.92 Å². The normalized spacial score (nSPS) is 18.3. The third-order valence-corrected chi connectivity index (χ3v) is 10.0. The first-order chi connectivity index (χ1) is 19.7. The molecule has 2 amide bonds. The Kier molecular flexibility index (Phi) is 11.0. The Morgan fingerprint density at radius 2 is 1.68 bits per heavy atom. The summed E-state index contributed by atoms with van der Waals surface area (Å²) in [6.07, 6.45) is 4.52. The second kappa shape index (κ2) is 14.4. The van der Waals surface area contributed by atoms with Crippen LogP contribution < -0.4 is 5.73 Å². The number of hydrogen-bond acceptors (Lipinski definition) is 6. The lowest BCUT2D eigenvalue weighted by Gasteiger charge is -2.31. The average Bonchev–Trinajstić information content (AvgIpc) is 3.46. The van der Waals surface area contributed by atoms with E-state index in [4.69, 9.17) is 17.3 Å². The molecule has 2 atom stereocenters. The zero-order valence-corrected chi connectivity index (χ0v) is 25.0. The first-order valence-electron chi connectivity index (χ1n) is 14.5. The van der Waals surface area contributed by atoms with Crippen LogP contribution in [0.4, 0.5) is 0 Å². The molecule has 2 heterocycles. The maximum absolute atomic E-state index is 13.9. The fourth-order valence-electron chi connectivity index (χ4n) is 5.94. The van der Waals surface area contributed by atoms with Gasteiger partial charge in [-0.15, -0.1) is 0 Å². The fraction of sp³-hybridized carbons (Fsp3) is 0.516. The summed E-state index contributed by atoms with van der Waals surface area (Å²) in [5.41, 5.74) is 8.31. The zero-order valence-electron chi connectivity index (χ0n) is 23.5. The van der Waals surface area contributed by atoms with Gasteiger partial charge in [0.05, 0.1) is 23.5 Å². The lowest BCUT2D eigenvalue weighted by molar-refractivity contribution is -0.143. The standard InChI is InChI=1S/C31H40ClN3O5S/c32-27-13-11-25(20-33)24(18-27)12-14-29(36)28-10-7-17-35(28)31(38)26(19-30(37)34-15-5-2-6-16-34)22-41(39,40)21-23-8-3-1-4-9-23/h1,3-4,8-9,11,13,18,26,28H,2,5-7,10,12,14-17,19-22,33H2/t26-,28-/m0/s1. The number of sulfone groups is 1. The van der Waals surface area contributed by atoms with Crippen LogP contribution in [0.25, 0.3) is 0 Å². The molecule has 0 aromatic heterocycles. The van der Waals surface area contributed by atoms with E-state index in [0.29, 0.717) is 56.0 Å². The predicted molar refractivity (Wildman–Crippen MR) is 160 cm³/mol. The molecule has 0 spiro atoms. The Balaban J connectivity index is 1.49. The molecule has 2 saturated heterocycles. The number of piperidine rings is 1. The Morgan fingerprint density at radius 3 is 2.39 bits per heavy atom. The number of halogens is 1. The lowest BCUT2D eigenvalue weighted by Crippen LogP contribution is -2.47. The number of ketones is 1. The number of hydrogen-bond donors (Lipinski definition) is 1. The molecule has 4 rings (SSSR count). The highest BCUT2D eigenvalue weighted by Crippen LogP contribution is 2.26. The maximum Gasteiger partial charge on any atom is 0.227 e. The van der Waals surface area contributed by atoms with E-state index in [1.54, 1.807) is 35.2 Å². The second-order valence-corrected chi connectivity index (χ2v) is 13.7. The number of likely N-dealkylation sites (tertiary alicyclic amines) is 2. The van der Waals surface area contributed by atoms with Crippen molar-refractivity contribution in [2.75, 3.05) is 25.4 Å². The summed E-state index contributed by atoms with van der Waals surface area (Å²) in [5, 5.41) is 0.570. The number of nitrogens with two attached hydrogens (primary N) is 1. The molecule has 10 heteroatoms. The van der Waals surface area contributed by atoms with Crippen molar-refractivity contribution in [2.24, 2.45) is 11.7 Å². The Bertz CT molecular complexity index is 1330. The van der Waals surface area contributed by atoms with Gasteiger partial charge in [0, 0.05) is 44.0 Å². The van der Waals surface area contributed by atoms with Crippen LogP contribution in [0.1, 0.15) is 61.6 Å². The van der Waals surface area contributed by atoms with Gasteiger partial charge in [0.15, 0.2) is 15.6 Å². The van der Waals surface area contributed by atoms with E-state index in [2.05, 4.69) is 0 Å². The first-order valence-corrected chi connectivity index (χ1v) is 16.7. The molecule has 0 saturated carbocycles. The molecule has 0 unspecified atom stereocenters. The predicted octanol–water partition coefficient (Wildman–Crippen LogP) is 3.93. The van der Waals surface area contributed by atoms with Crippen LogP contribution in [0.2, 0.25) is 5.02 Å². The molecule has 2 fully saturated rings. The lowest BCUT2D eigenvalue weighted by atomic mass is 9.97. The van der Waals surface area contributed by atoms with Gasteiger partial charge in [0.1, 0.15) is 0 Å². The molecule has 0 aliphatic carbocycles. The van der Waals surface area contributed by atoms with Crippen molar-refractivity contribution in [3.8, 4) is 0 Å². The van der Waals surface area contributed by atoms with Gasteiger partial charge in [0.2, 0.25) is 11.8 Å². The van der Waals surface area contributed by atoms with E-state index in [1.165, 1.54) is 4.90 Å². The van der Waals surface area contributed by atoms with Gasteiger partial charge < -0.3 is 15.5 Å². The minimum absolute atomic E-state index is 0.0768. The molecule has 2 aliphatic heterocycles. The summed E-state index contributed by atoms with van der Waals surface area (Å²) in [4.78, 5) is 43.8. The van der Waals surface area contributed by atoms with Gasteiger partial charge in [0.25, 0.3) is 0 Å². The molecule has 8 nitrogen and oxygen atoms in total. The average molecular weight is 602 g/mol. The Labute approximate surface area is 248 Å². The van der Waals surface area contributed by atoms with Gasteiger partial charge >= 0.3 is 0 Å².